The third kappa shape index (κ3) is 4.47. The summed E-state index contributed by atoms with van der Waals surface area (Å²) in [5.41, 5.74) is 8.38. The molecule has 0 fully saturated rings. The lowest BCUT2D eigenvalue weighted by Crippen LogP contribution is -2.06. The van der Waals surface area contributed by atoms with Crippen molar-refractivity contribution in [3.05, 3.63) is 169 Å². The molecule has 0 aliphatic carbocycles. The van der Waals surface area contributed by atoms with E-state index in [1.54, 1.807) is 0 Å². The van der Waals surface area contributed by atoms with E-state index in [2.05, 4.69) is 119 Å². The van der Waals surface area contributed by atoms with Gasteiger partial charge < -0.3 is 4.57 Å². The quantitative estimate of drug-likeness (QED) is 0.144. The SMILES string of the molecule is C=C(/N=C(\N=C(C)c1ccccc1)c1ccccc1)n1c2ccccc2c2ccc3c4ccccc4n(-c4ccccc4)c3c21. The first-order valence-electron chi connectivity index (χ1n) is 15.1. The highest BCUT2D eigenvalue weighted by Crippen LogP contribution is 2.41. The summed E-state index contributed by atoms with van der Waals surface area (Å²) in [6, 6.07) is 52.6. The van der Waals surface area contributed by atoms with Gasteiger partial charge in [-0.1, -0.05) is 134 Å². The molecule has 0 spiro atoms. The highest BCUT2D eigenvalue weighted by molar-refractivity contribution is 6.24. The van der Waals surface area contributed by atoms with Crippen LogP contribution in [0.3, 0.4) is 0 Å². The first-order valence-corrected chi connectivity index (χ1v) is 15.1. The number of hydrogen-bond donors (Lipinski definition) is 0. The van der Waals surface area contributed by atoms with Crippen molar-refractivity contribution >= 4 is 61.0 Å². The number of nitrogens with zero attached hydrogens (tertiary/aromatic N) is 4. The van der Waals surface area contributed by atoms with Gasteiger partial charge in [0.2, 0.25) is 0 Å². The number of benzene rings is 6. The van der Waals surface area contributed by atoms with Gasteiger partial charge in [-0.25, -0.2) is 9.98 Å². The molecule has 45 heavy (non-hydrogen) atoms. The fourth-order valence-electron chi connectivity index (χ4n) is 6.43. The number of rotatable bonds is 5. The van der Waals surface area contributed by atoms with E-state index in [1.165, 1.54) is 10.8 Å². The highest BCUT2D eigenvalue weighted by atomic mass is 15.1. The first-order chi connectivity index (χ1) is 22.2. The van der Waals surface area contributed by atoms with E-state index < -0.39 is 0 Å². The predicted octanol–water partition coefficient (Wildman–Crippen LogP) is 10.3. The van der Waals surface area contributed by atoms with E-state index in [0.717, 1.165) is 55.4 Å². The minimum absolute atomic E-state index is 0.599. The lowest BCUT2D eigenvalue weighted by Gasteiger charge is -2.13. The Hall–Kier alpha value is -6.00. The molecular formula is C41H30N4. The normalized spacial score (nSPS) is 12.5. The van der Waals surface area contributed by atoms with Gasteiger partial charge in [-0.15, -0.1) is 0 Å². The lowest BCUT2D eigenvalue weighted by molar-refractivity contribution is 1.15. The molecule has 2 heterocycles. The maximum Gasteiger partial charge on any atom is 0.161 e. The summed E-state index contributed by atoms with van der Waals surface area (Å²) in [4.78, 5) is 10.3. The molecule has 0 amide bonds. The summed E-state index contributed by atoms with van der Waals surface area (Å²) >= 11 is 0. The third-order valence-corrected chi connectivity index (χ3v) is 8.47. The summed E-state index contributed by atoms with van der Waals surface area (Å²) in [7, 11) is 0. The second-order valence-electron chi connectivity index (χ2n) is 11.2. The van der Waals surface area contributed by atoms with E-state index in [9.17, 15) is 0 Å². The predicted molar refractivity (Wildman–Crippen MR) is 191 cm³/mol. The summed E-state index contributed by atoms with van der Waals surface area (Å²) in [5.74, 6) is 1.21. The average molecular weight is 579 g/mol. The Bertz CT molecular complexity index is 2430. The Morgan fingerprint density at radius 1 is 0.489 bits per heavy atom. The van der Waals surface area contributed by atoms with Crippen LogP contribution in [0, 0.1) is 0 Å². The molecule has 2 aromatic heterocycles. The molecule has 0 aliphatic rings. The van der Waals surface area contributed by atoms with Gasteiger partial charge in [-0.3, -0.25) is 4.57 Å². The summed E-state index contributed by atoms with van der Waals surface area (Å²) < 4.78 is 4.58. The minimum atomic E-state index is 0.599. The summed E-state index contributed by atoms with van der Waals surface area (Å²) in [6.07, 6.45) is 0. The number of aromatic nitrogens is 2. The Morgan fingerprint density at radius 2 is 1.00 bits per heavy atom. The van der Waals surface area contributed by atoms with Crippen LogP contribution < -0.4 is 0 Å². The van der Waals surface area contributed by atoms with Crippen molar-refractivity contribution in [3.63, 3.8) is 0 Å². The number of amidine groups is 1. The number of para-hydroxylation sites is 3. The van der Waals surface area contributed by atoms with Crippen molar-refractivity contribution in [2.45, 2.75) is 6.92 Å². The molecule has 4 heteroatoms. The van der Waals surface area contributed by atoms with E-state index >= 15 is 0 Å². The molecule has 0 unspecified atom stereocenters. The number of hydrogen-bond acceptors (Lipinski definition) is 1. The van der Waals surface area contributed by atoms with Gasteiger partial charge in [0.15, 0.2) is 5.84 Å². The van der Waals surface area contributed by atoms with Gasteiger partial charge in [0.25, 0.3) is 0 Å². The molecule has 4 nitrogen and oxygen atoms in total. The van der Waals surface area contributed by atoms with E-state index in [4.69, 9.17) is 9.98 Å². The maximum atomic E-state index is 5.21. The Labute approximate surface area is 261 Å². The largest absolute Gasteiger partial charge is 0.307 e. The molecule has 214 valence electrons. The van der Waals surface area contributed by atoms with Crippen molar-refractivity contribution in [3.8, 4) is 5.69 Å². The molecular weight excluding hydrogens is 548 g/mol. The topological polar surface area (TPSA) is 34.6 Å². The summed E-state index contributed by atoms with van der Waals surface area (Å²) in [5, 5.41) is 4.70. The van der Waals surface area contributed by atoms with E-state index in [0.29, 0.717) is 11.7 Å². The highest BCUT2D eigenvalue weighted by Gasteiger charge is 2.21. The average Bonchev–Trinajstić information content (AvgIpc) is 3.62. The monoisotopic (exact) mass is 578 g/mol. The number of fused-ring (bicyclic) bond motifs is 7. The maximum absolute atomic E-state index is 5.21. The van der Waals surface area contributed by atoms with Crippen molar-refractivity contribution in [2.24, 2.45) is 9.98 Å². The fourth-order valence-corrected chi connectivity index (χ4v) is 6.43. The first kappa shape index (κ1) is 26.6. The van der Waals surface area contributed by atoms with Crippen molar-refractivity contribution in [1.29, 1.82) is 0 Å². The molecule has 8 rings (SSSR count). The van der Waals surface area contributed by atoms with Gasteiger partial charge in [0, 0.05) is 38.5 Å². The molecule has 0 saturated heterocycles. The van der Waals surface area contributed by atoms with Crippen LogP contribution in [-0.4, -0.2) is 20.7 Å². The Kier molecular flexibility index (Phi) is 6.46. The van der Waals surface area contributed by atoms with Gasteiger partial charge in [0.05, 0.1) is 22.1 Å². The molecule has 0 saturated carbocycles. The number of aliphatic imine (C=N–C) groups is 2. The summed E-state index contributed by atoms with van der Waals surface area (Å²) in [6.45, 7) is 6.63. The molecule has 6 aromatic carbocycles. The fraction of sp³-hybridized carbons (Fsp3) is 0.0244. The van der Waals surface area contributed by atoms with Crippen LogP contribution >= 0.6 is 0 Å². The Balaban J connectivity index is 1.46. The van der Waals surface area contributed by atoms with Crippen molar-refractivity contribution < 1.29 is 0 Å². The minimum Gasteiger partial charge on any atom is -0.307 e. The smallest absolute Gasteiger partial charge is 0.161 e. The van der Waals surface area contributed by atoms with E-state index in [1.807, 2.05) is 55.5 Å². The second-order valence-corrected chi connectivity index (χ2v) is 11.2. The van der Waals surface area contributed by atoms with Crippen LogP contribution in [0.15, 0.2) is 168 Å². The Morgan fingerprint density at radius 3 is 1.67 bits per heavy atom. The van der Waals surface area contributed by atoms with Crippen LogP contribution in [0.5, 0.6) is 0 Å². The zero-order chi connectivity index (χ0) is 30.3. The standard InChI is InChI=1S/C41H30N4/c1-28(30-16-6-3-7-17-30)42-41(31-18-8-4-9-19-31)43-29(2)44-37-24-14-12-22-33(37)35-26-27-36-34-23-13-15-25-38(34)45(40(36)39(35)44)32-20-10-5-11-21-32/h3-27H,2H2,1H3/b42-28?,43-41-. The van der Waals surface area contributed by atoms with E-state index in [-0.39, 0.29) is 0 Å². The van der Waals surface area contributed by atoms with Gasteiger partial charge >= 0.3 is 0 Å². The van der Waals surface area contributed by atoms with Crippen LogP contribution in [0.1, 0.15) is 18.1 Å². The zero-order valence-electron chi connectivity index (χ0n) is 24.9. The molecule has 0 aliphatic heterocycles. The van der Waals surface area contributed by atoms with Gasteiger partial charge in [-0.2, -0.15) is 0 Å². The van der Waals surface area contributed by atoms with Gasteiger partial charge in [0.1, 0.15) is 5.82 Å². The van der Waals surface area contributed by atoms with Crippen molar-refractivity contribution in [1.82, 2.24) is 9.13 Å². The molecule has 0 radical (unpaired) electrons. The van der Waals surface area contributed by atoms with Crippen LogP contribution in [0.4, 0.5) is 0 Å². The molecule has 0 bridgehead atoms. The van der Waals surface area contributed by atoms with Gasteiger partial charge in [-0.05, 0) is 36.8 Å². The molecule has 0 N–H and O–H groups in total. The lowest BCUT2D eigenvalue weighted by atomic mass is 10.1. The zero-order valence-corrected chi connectivity index (χ0v) is 24.9. The van der Waals surface area contributed by atoms with Crippen LogP contribution in [0.25, 0.3) is 55.1 Å². The van der Waals surface area contributed by atoms with Crippen molar-refractivity contribution in [2.75, 3.05) is 0 Å². The third-order valence-electron chi connectivity index (χ3n) is 8.47. The molecule has 8 aromatic rings. The second kappa shape index (κ2) is 10.9. The van der Waals surface area contributed by atoms with Crippen LogP contribution in [0.2, 0.25) is 0 Å². The van der Waals surface area contributed by atoms with Crippen LogP contribution in [-0.2, 0) is 0 Å². The molecule has 0 atom stereocenters.